The molecule has 2 aromatic carbocycles. The number of rotatable bonds is 3. The number of hydrogen-bond acceptors (Lipinski definition) is 1. The van der Waals surface area contributed by atoms with Gasteiger partial charge < -0.3 is 10.8 Å². The van der Waals surface area contributed by atoms with E-state index in [2.05, 4.69) is 5.73 Å². The van der Waals surface area contributed by atoms with E-state index in [-0.39, 0.29) is 0 Å². The largest absolute Gasteiger partial charge is 0.375 e. The molecular formula is C14H14Cl2NO+. The van der Waals surface area contributed by atoms with Crippen molar-refractivity contribution in [2.75, 3.05) is 6.54 Å². The molecule has 0 saturated heterocycles. The average Bonchev–Trinajstić information content (AvgIpc) is 2.39. The first-order valence-corrected chi connectivity index (χ1v) is 6.35. The van der Waals surface area contributed by atoms with E-state index in [0.717, 1.165) is 11.1 Å². The van der Waals surface area contributed by atoms with Gasteiger partial charge in [-0.25, -0.2) is 0 Å². The monoisotopic (exact) mass is 282 g/mol. The molecule has 4 N–H and O–H groups in total. The summed E-state index contributed by atoms with van der Waals surface area (Å²) in [5.41, 5.74) is 4.26. The molecule has 2 rings (SSSR count). The number of halogens is 2. The van der Waals surface area contributed by atoms with Crippen LogP contribution in [0.5, 0.6) is 0 Å². The topological polar surface area (TPSA) is 47.9 Å². The van der Waals surface area contributed by atoms with Gasteiger partial charge in [-0.15, -0.1) is 0 Å². The first-order valence-electron chi connectivity index (χ1n) is 5.60. The highest BCUT2D eigenvalue weighted by Crippen LogP contribution is 2.29. The summed E-state index contributed by atoms with van der Waals surface area (Å²) in [7, 11) is 0. The number of benzene rings is 2. The van der Waals surface area contributed by atoms with E-state index in [4.69, 9.17) is 23.2 Å². The summed E-state index contributed by atoms with van der Waals surface area (Å²) >= 11 is 11.7. The molecule has 18 heavy (non-hydrogen) atoms. The van der Waals surface area contributed by atoms with Crippen molar-refractivity contribution >= 4 is 23.2 Å². The smallest absolute Gasteiger partial charge is 0.163 e. The number of hydrogen-bond donors (Lipinski definition) is 2. The summed E-state index contributed by atoms with van der Waals surface area (Å²) in [6, 6.07) is 14.3. The Morgan fingerprint density at radius 1 is 0.833 bits per heavy atom. The maximum absolute atomic E-state index is 10.8. The van der Waals surface area contributed by atoms with E-state index >= 15 is 0 Å². The minimum Gasteiger partial charge on any atom is -0.375 e. The van der Waals surface area contributed by atoms with Gasteiger partial charge in [0.05, 0.1) is 0 Å². The van der Waals surface area contributed by atoms with Gasteiger partial charge in [0, 0.05) is 10.0 Å². The molecule has 2 nitrogen and oxygen atoms in total. The fourth-order valence-electron chi connectivity index (χ4n) is 1.91. The van der Waals surface area contributed by atoms with Crippen LogP contribution in [-0.4, -0.2) is 11.7 Å². The van der Waals surface area contributed by atoms with Crippen LogP contribution in [0.4, 0.5) is 0 Å². The molecule has 0 bridgehead atoms. The van der Waals surface area contributed by atoms with Crippen molar-refractivity contribution in [2.24, 2.45) is 0 Å². The van der Waals surface area contributed by atoms with Crippen LogP contribution in [-0.2, 0) is 5.60 Å². The summed E-state index contributed by atoms with van der Waals surface area (Å²) in [6.45, 7) is 0.330. The Labute approximate surface area is 116 Å². The van der Waals surface area contributed by atoms with Gasteiger partial charge in [-0.05, 0) is 35.4 Å². The molecule has 0 aliphatic rings. The van der Waals surface area contributed by atoms with Gasteiger partial charge in [-0.3, -0.25) is 0 Å². The lowest BCUT2D eigenvalue weighted by atomic mass is 9.86. The third-order valence-electron chi connectivity index (χ3n) is 3.01. The molecule has 2 aromatic rings. The zero-order valence-corrected chi connectivity index (χ0v) is 11.2. The summed E-state index contributed by atoms with van der Waals surface area (Å²) in [4.78, 5) is 0. The third kappa shape index (κ3) is 2.52. The Morgan fingerprint density at radius 3 is 1.44 bits per heavy atom. The van der Waals surface area contributed by atoms with Crippen LogP contribution in [0.3, 0.4) is 0 Å². The van der Waals surface area contributed by atoms with Crippen molar-refractivity contribution in [3.05, 3.63) is 69.7 Å². The molecule has 0 aromatic heterocycles. The lowest BCUT2D eigenvalue weighted by molar-refractivity contribution is -0.397. The standard InChI is InChI=1S/C14H13Cl2NO/c15-12-5-1-10(2-6-12)14(18,9-17)11-3-7-13(16)8-4-11/h1-8,18H,9,17H2/p+1. The maximum Gasteiger partial charge on any atom is 0.163 e. The van der Waals surface area contributed by atoms with Crippen LogP contribution < -0.4 is 5.73 Å². The Balaban J connectivity index is 2.47. The van der Waals surface area contributed by atoms with Gasteiger partial charge in [0.1, 0.15) is 6.54 Å². The Kier molecular flexibility index (Phi) is 3.93. The molecule has 0 aliphatic carbocycles. The minimum atomic E-state index is -1.12. The van der Waals surface area contributed by atoms with Crippen LogP contribution in [0, 0.1) is 0 Å². The fourth-order valence-corrected chi connectivity index (χ4v) is 2.16. The maximum atomic E-state index is 10.8. The highest BCUT2D eigenvalue weighted by atomic mass is 35.5. The van der Waals surface area contributed by atoms with Crippen molar-refractivity contribution in [1.29, 1.82) is 0 Å². The molecule has 0 saturated carbocycles. The van der Waals surface area contributed by atoms with E-state index in [1.54, 1.807) is 24.3 Å². The van der Waals surface area contributed by atoms with Crippen LogP contribution in [0.1, 0.15) is 11.1 Å². The molecule has 0 unspecified atom stereocenters. The second kappa shape index (κ2) is 5.29. The Morgan fingerprint density at radius 2 is 1.17 bits per heavy atom. The lowest BCUT2D eigenvalue weighted by Gasteiger charge is -2.25. The second-order valence-electron chi connectivity index (χ2n) is 4.12. The van der Waals surface area contributed by atoms with Crippen LogP contribution in [0.25, 0.3) is 0 Å². The predicted octanol–water partition coefficient (Wildman–Crippen LogP) is 2.47. The van der Waals surface area contributed by atoms with E-state index in [1.165, 1.54) is 0 Å². The number of quaternary nitrogens is 1. The van der Waals surface area contributed by atoms with Crippen molar-refractivity contribution in [3.8, 4) is 0 Å². The fraction of sp³-hybridized carbons (Fsp3) is 0.143. The molecule has 0 radical (unpaired) electrons. The van der Waals surface area contributed by atoms with Crippen LogP contribution >= 0.6 is 23.2 Å². The molecule has 0 aliphatic heterocycles. The predicted molar refractivity (Wildman–Crippen MR) is 73.7 cm³/mol. The Bertz CT molecular complexity index is 477. The van der Waals surface area contributed by atoms with Gasteiger partial charge in [0.25, 0.3) is 0 Å². The van der Waals surface area contributed by atoms with Gasteiger partial charge in [-0.2, -0.15) is 0 Å². The molecule has 94 valence electrons. The summed E-state index contributed by atoms with van der Waals surface area (Å²) in [6.07, 6.45) is 0. The van der Waals surface area contributed by atoms with E-state index < -0.39 is 5.60 Å². The molecule has 0 heterocycles. The third-order valence-corrected chi connectivity index (χ3v) is 3.51. The van der Waals surface area contributed by atoms with Gasteiger partial charge in [0.15, 0.2) is 5.60 Å². The summed E-state index contributed by atoms with van der Waals surface area (Å²) < 4.78 is 0. The zero-order chi connectivity index (χ0) is 13.2. The van der Waals surface area contributed by atoms with E-state index in [0.29, 0.717) is 16.6 Å². The molecule has 0 spiro atoms. The van der Waals surface area contributed by atoms with Crippen molar-refractivity contribution in [2.45, 2.75) is 5.60 Å². The quantitative estimate of drug-likeness (QED) is 0.893. The zero-order valence-electron chi connectivity index (χ0n) is 9.74. The number of aliphatic hydroxyl groups is 1. The Hall–Kier alpha value is -1.06. The normalized spacial score (nSPS) is 11.6. The van der Waals surface area contributed by atoms with Crippen molar-refractivity contribution in [3.63, 3.8) is 0 Å². The molecular weight excluding hydrogens is 269 g/mol. The second-order valence-corrected chi connectivity index (χ2v) is 5.00. The van der Waals surface area contributed by atoms with Crippen LogP contribution in [0.15, 0.2) is 48.5 Å². The first-order chi connectivity index (χ1) is 8.56. The molecule has 0 fully saturated rings. The van der Waals surface area contributed by atoms with Gasteiger partial charge in [0.2, 0.25) is 0 Å². The molecule has 4 heteroatoms. The average molecular weight is 283 g/mol. The van der Waals surface area contributed by atoms with Crippen molar-refractivity contribution < 1.29 is 10.8 Å². The van der Waals surface area contributed by atoms with Crippen LogP contribution in [0.2, 0.25) is 10.0 Å². The minimum absolute atomic E-state index is 0.330. The summed E-state index contributed by atoms with van der Waals surface area (Å²) in [5, 5.41) is 12.1. The van der Waals surface area contributed by atoms with E-state index in [1.807, 2.05) is 24.3 Å². The lowest BCUT2D eigenvalue weighted by Crippen LogP contribution is -2.60. The van der Waals surface area contributed by atoms with E-state index in [9.17, 15) is 5.11 Å². The SMILES string of the molecule is [NH3+]CC(O)(c1ccc(Cl)cc1)c1ccc(Cl)cc1. The van der Waals surface area contributed by atoms with Gasteiger partial charge >= 0.3 is 0 Å². The molecule has 0 atom stereocenters. The van der Waals surface area contributed by atoms with Gasteiger partial charge in [-0.1, -0.05) is 47.5 Å². The highest BCUT2D eigenvalue weighted by molar-refractivity contribution is 6.30. The summed E-state index contributed by atoms with van der Waals surface area (Å²) in [5.74, 6) is 0. The molecule has 0 amide bonds. The highest BCUT2D eigenvalue weighted by Gasteiger charge is 2.32. The van der Waals surface area contributed by atoms with Crippen molar-refractivity contribution in [1.82, 2.24) is 0 Å². The first kappa shape index (κ1) is 13.4.